The number of unbranched alkanes of at least 4 members (excludes halogenated alkanes) is 13. The molecular weight excluding hydrogens is 304 g/mol. The van der Waals surface area contributed by atoms with Crippen LogP contribution in [-0.2, 0) is 20.0 Å². The molecule has 25 heavy (non-hydrogen) atoms. The molecule has 0 aromatic carbocycles. The number of hydrogen-bond acceptors (Lipinski definition) is 0. The van der Waals surface area contributed by atoms with Gasteiger partial charge in [-0.2, -0.15) is 0 Å². The lowest BCUT2D eigenvalue weighted by atomic mass is 10.1. The molecule has 1 aromatic rings. The summed E-state index contributed by atoms with van der Waals surface area (Å²) in [5.41, 5.74) is 0. The fraction of sp³-hybridized carbons (Fsp3) is 0.870. The van der Waals surface area contributed by atoms with Crippen LogP contribution in [0, 0.1) is 0 Å². The van der Waals surface area contributed by atoms with E-state index < -0.39 is 0 Å². The summed E-state index contributed by atoms with van der Waals surface area (Å²) in [5.74, 6) is 1.52. The van der Waals surface area contributed by atoms with Crippen molar-refractivity contribution < 1.29 is 4.57 Å². The average molecular weight is 350 g/mol. The van der Waals surface area contributed by atoms with E-state index in [0.717, 1.165) is 0 Å². The zero-order chi connectivity index (χ0) is 18.2. The summed E-state index contributed by atoms with van der Waals surface area (Å²) in [6, 6.07) is 0. The van der Waals surface area contributed by atoms with Crippen LogP contribution in [0.3, 0.4) is 0 Å². The molecule has 0 aliphatic carbocycles. The van der Waals surface area contributed by atoms with E-state index in [2.05, 4.69) is 42.4 Å². The number of nitrogens with zero attached hydrogens (tertiary/aromatic N) is 2. The Kier molecular flexibility index (Phi) is 13.8. The van der Waals surface area contributed by atoms with E-state index in [4.69, 9.17) is 0 Å². The van der Waals surface area contributed by atoms with Gasteiger partial charge in [0.15, 0.2) is 0 Å². The van der Waals surface area contributed by atoms with Gasteiger partial charge in [0.25, 0.3) is 5.82 Å². The molecule has 0 atom stereocenters. The van der Waals surface area contributed by atoms with E-state index >= 15 is 0 Å². The molecule has 146 valence electrons. The van der Waals surface area contributed by atoms with Crippen molar-refractivity contribution in [3.63, 3.8) is 0 Å². The lowest BCUT2D eigenvalue weighted by molar-refractivity contribution is -0.678. The Morgan fingerprint density at radius 3 is 1.72 bits per heavy atom. The molecule has 0 fully saturated rings. The van der Waals surface area contributed by atoms with Crippen LogP contribution in [0.5, 0.6) is 0 Å². The molecule has 2 nitrogen and oxygen atoms in total. The summed E-state index contributed by atoms with van der Waals surface area (Å²) in [6.07, 6.45) is 26.8. The molecule has 1 heterocycles. The second kappa shape index (κ2) is 15.5. The van der Waals surface area contributed by atoms with Crippen molar-refractivity contribution in [3.05, 3.63) is 18.2 Å². The van der Waals surface area contributed by atoms with Crippen LogP contribution in [0.25, 0.3) is 0 Å². The summed E-state index contributed by atoms with van der Waals surface area (Å²) >= 11 is 0. The van der Waals surface area contributed by atoms with E-state index in [1.807, 2.05) is 0 Å². The molecule has 1 rings (SSSR count). The van der Waals surface area contributed by atoms with Gasteiger partial charge in [-0.3, -0.25) is 0 Å². The predicted molar refractivity (Wildman–Crippen MR) is 110 cm³/mol. The van der Waals surface area contributed by atoms with E-state index in [0.29, 0.717) is 0 Å². The van der Waals surface area contributed by atoms with Crippen LogP contribution in [0.4, 0.5) is 0 Å². The predicted octanol–water partition coefficient (Wildman–Crippen LogP) is 6.75. The Balaban J connectivity index is 2.04. The van der Waals surface area contributed by atoms with E-state index in [1.165, 1.54) is 115 Å². The van der Waals surface area contributed by atoms with E-state index in [1.54, 1.807) is 0 Å². The minimum atomic E-state index is 1.21. The van der Waals surface area contributed by atoms with Gasteiger partial charge in [0.05, 0.1) is 13.6 Å². The van der Waals surface area contributed by atoms with E-state index in [-0.39, 0.29) is 0 Å². The van der Waals surface area contributed by atoms with Crippen LogP contribution in [-0.4, -0.2) is 4.57 Å². The van der Waals surface area contributed by atoms with Crippen molar-refractivity contribution in [1.29, 1.82) is 0 Å². The topological polar surface area (TPSA) is 8.81 Å². The maximum absolute atomic E-state index is 2.50. The molecule has 0 saturated heterocycles. The lowest BCUT2D eigenvalue weighted by Crippen LogP contribution is -2.32. The van der Waals surface area contributed by atoms with Crippen molar-refractivity contribution in [1.82, 2.24) is 4.57 Å². The van der Waals surface area contributed by atoms with Gasteiger partial charge in [-0.05, 0) is 19.3 Å². The van der Waals surface area contributed by atoms with Gasteiger partial charge in [-0.25, -0.2) is 9.13 Å². The van der Waals surface area contributed by atoms with Crippen molar-refractivity contribution in [2.24, 2.45) is 7.05 Å². The van der Waals surface area contributed by atoms with Gasteiger partial charge in [-0.1, -0.05) is 90.9 Å². The number of aromatic nitrogens is 2. The molecule has 0 aliphatic rings. The molecule has 0 spiro atoms. The van der Waals surface area contributed by atoms with Crippen LogP contribution >= 0.6 is 0 Å². The highest BCUT2D eigenvalue weighted by Gasteiger charge is 2.13. The molecule has 0 aliphatic heterocycles. The number of imidazole rings is 1. The molecule has 0 N–H and O–H groups in total. The summed E-state index contributed by atoms with van der Waals surface area (Å²) < 4.78 is 4.82. The average Bonchev–Trinajstić information content (AvgIpc) is 2.96. The van der Waals surface area contributed by atoms with Crippen LogP contribution in [0.15, 0.2) is 12.4 Å². The Hall–Kier alpha value is -0.790. The minimum Gasteiger partial charge on any atom is -0.237 e. The Morgan fingerprint density at radius 1 is 0.680 bits per heavy atom. The molecular formula is C23H45N2+. The third-order valence-electron chi connectivity index (χ3n) is 5.47. The van der Waals surface area contributed by atoms with Crippen molar-refractivity contribution in [2.75, 3.05) is 0 Å². The molecule has 1 aromatic heterocycles. The molecule has 0 bridgehead atoms. The fourth-order valence-electron chi connectivity index (χ4n) is 3.73. The van der Waals surface area contributed by atoms with Crippen molar-refractivity contribution >= 4 is 0 Å². The highest BCUT2D eigenvalue weighted by molar-refractivity contribution is 4.84. The molecule has 0 saturated carbocycles. The third kappa shape index (κ3) is 10.7. The highest BCUT2D eigenvalue weighted by Crippen LogP contribution is 2.12. The van der Waals surface area contributed by atoms with Gasteiger partial charge < -0.3 is 0 Å². The smallest absolute Gasteiger partial charge is 0.237 e. The molecule has 0 radical (unpaired) electrons. The first-order valence-corrected chi connectivity index (χ1v) is 11.3. The monoisotopic (exact) mass is 349 g/mol. The SMILES string of the molecule is CCCCCCCCCCCCCn1cc[n+](C)c1CCCCCC. The summed E-state index contributed by atoms with van der Waals surface area (Å²) in [7, 11) is 2.20. The van der Waals surface area contributed by atoms with Crippen LogP contribution in [0.1, 0.15) is 116 Å². The van der Waals surface area contributed by atoms with Gasteiger partial charge >= 0.3 is 0 Å². The quantitative estimate of drug-likeness (QED) is 0.217. The fourth-order valence-corrected chi connectivity index (χ4v) is 3.73. The van der Waals surface area contributed by atoms with E-state index in [9.17, 15) is 0 Å². The number of aryl methyl sites for hydroxylation is 2. The first-order valence-electron chi connectivity index (χ1n) is 11.3. The molecule has 2 heteroatoms. The molecule has 0 unspecified atom stereocenters. The first-order chi connectivity index (χ1) is 12.3. The van der Waals surface area contributed by atoms with Crippen LogP contribution in [0.2, 0.25) is 0 Å². The zero-order valence-electron chi connectivity index (χ0n) is 17.6. The summed E-state index contributed by atoms with van der Waals surface area (Å²) in [5, 5.41) is 0. The maximum Gasteiger partial charge on any atom is 0.256 e. The van der Waals surface area contributed by atoms with Gasteiger partial charge in [0.1, 0.15) is 12.4 Å². The summed E-state index contributed by atoms with van der Waals surface area (Å²) in [6.45, 7) is 5.79. The largest absolute Gasteiger partial charge is 0.256 e. The lowest BCUT2D eigenvalue weighted by Gasteiger charge is -2.04. The normalized spacial score (nSPS) is 11.3. The van der Waals surface area contributed by atoms with Gasteiger partial charge in [0, 0.05) is 6.42 Å². The maximum atomic E-state index is 2.50. The first kappa shape index (κ1) is 22.3. The zero-order valence-corrected chi connectivity index (χ0v) is 17.6. The second-order valence-electron chi connectivity index (χ2n) is 7.86. The minimum absolute atomic E-state index is 1.21. The number of rotatable bonds is 17. The Morgan fingerprint density at radius 2 is 1.16 bits per heavy atom. The Bertz CT molecular complexity index is 408. The standard InChI is InChI=1S/C23H45N2/c1-4-6-8-10-11-12-13-14-15-16-18-20-25-22-21-24(3)23(25)19-17-9-7-5-2/h21-22H,4-20H2,1-3H3/q+1. The summed E-state index contributed by atoms with van der Waals surface area (Å²) in [4.78, 5) is 0. The van der Waals surface area contributed by atoms with Crippen molar-refractivity contribution in [2.45, 2.75) is 123 Å². The highest BCUT2D eigenvalue weighted by atomic mass is 15.1. The van der Waals surface area contributed by atoms with Crippen LogP contribution < -0.4 is 4.57 Å². The Labute approximate surface area is 158 Å². The second-order valence-corrected chi connectivity index (χ2v) is 7.86. The van der Waals surface area contributed by atoms with Gasteiger partial charge in [0.2, 0.25) is 0 Å². The molecule has 0 amide bonds. The number of hydrogen-bond donors (Lipinski definition) is 0. The van der Waals surface area contributed by atoms with Crippen molar-refractivity contribution in [3.8, 4) is 0 Å². The van der Waals surface area contributed by atoms with Gasteiger partial charge in [-0.15, -0.1) is 0 Å². The third-order valence-corrected chi connectivity index (χ3v) is 5.47.